The number of amides is 6. The van der Waals surface area contributed by atoms with Gasteiger partial charge < -0.3 is 50.9 Å². The predicted molar refractivity (Wildman–Crippen MR) is 444 cm³/mol. The van der Waals surface area contributed by atoms with E-state index in [1.807, 2.05) is 30.0 Å². The molecule has 6 aromatic rings. The summed E-state index contributed by atoms with van der Waals surface area (Å²) in [5.41, 5.74) is 8.67. The van der Waals surface area contributed by atoms with Crippen molar-refractivity contribution in [3.05, 3.63) is 177 Å². The van der Waals surface area contributed by atoms with Crippen molar-refractivity contribution in [2.75, 3.05) is 89.8 Å². The van der Waals surface area contributed by atoms with E-state index in [1.165, 1.54) is 14.7 Å². The molecule has 0 aromatic heterocycles. The molecule has 0 radical (unpaired) electrons. The number of aryl methyl sites for hydroxylation is 1. The molecule has 12 rings (SSSR count). The van der Waals surface area contributed by atoms with Gasteiger partial charge in [-0.1, -0.05) is 114 Å². The largest absolute Gasteiger partial charge is 0.389 e. The van der Waals surface area contributed by atoms with Crippen molar-refractivity contribution in [3.63, 3.8) is 0 Å². The number of ketones is 3. The molecular formula is C88H91ClF18N12O10. The molecule has 6 aliphatic heterocycles. The van der Waals surface area contributed by atoms with Crippen molar-refractivity contribution in [1.29, 1.82) is 0 Å². The Morgan fingerprint density at radius 1 is 0.411 bits per heavy atom. The van der Waals surface area contributed by atoms with E-state index in [2.05, 4.69) is 41.6 Å². The highest BCUT2D eigenvalue weighted by atomic mass is 35.5. The number of rotatable bonds is 30. The highest BCUT2D eigenvalue weighted by molar-refractivity contribution is 6.32. The Balaban J connectivity index is 0.000000201. The molecule has 0 unspecified atom stereocenters. The van der Waals surface area contributed by atoms with Gasteiger partial charge in [0.15, 0.2) is 0 Å². The van der Waals surface area contributed by atoms with E-state index in [4.69, 9.17) is 16.3 Å². The summed E-state index contributed by atoms with van der Waals surface area (Å²) in [6, 6.07) is 38.4. The number of methoxy groups -OCH3 is 1. The number of halogens is 19. The Hall–Kier alpha value is -11.5. The number of hydrogen-bond acceptors (Lipinski definition) is 16. The van der Waals surface area contributed by atoms with Gasteiger partial charge in [-0.15, -0.1) is 0 Å². The van der Waals surface area contributed by atoms with E-state index in [1.54, 1.807) is 122 Å². The molecule has 0 spiro atoms. The number of nitrogens with zero attached hydrogens (tertiary/aromatic N) is 7. The van der Waals surface area contributed by atoms with Crippen molar-refractivity contribution < 1.29 is 127 Å². The lowest BCUT2D eigenvalue weighted by Crippen LogP contribution is -2.53. The first-order valence-corrected chi connectivity index (χ1v) is 41.4. The Kier molecular flexibility index (Phi) is 32.4. The van der Waals surface area contributed by atoms with Crippen LogP contribution in [-0.4, -0.2) is 185 Å². The summed E-state index contributed by atoms with van der Waals surface area (Å²) in [5, 5.41) is 13.9. The number of anilines is 6. The van der Waals surface area contributed by atoms with Crippen LogP contribution >= 0.6 is 11.6 Å². The summed E-state index contributed by atoms with van der Waals surface area (Å²) in [6.45, 7) is 7.32. The van der Waals surface area contributed by atoms with Gasteiger partial charge in [0.2, 0.25) is 36.2 Å². The van der Waals surface area contributed by atoms with Gasteiger partial charge in [-0.3, -0.25) is 43.2 Å². The third-order valence-electron chi connectivity index (χ3n) is 22.5. The van der Waals surface area contributed by atoms with Crippen LogP contribution in [0.2, 0.25) is 5.02 Å². The standard InChI is InChI=1S/C31H34F6N4O4.C29H30F6N4O3.C28H27ClF6N4O3/c1-19(42)21(11-13-30(32,33)34)22(12-14-31(35,36)37)28(43)39-27-29(44)41-16-15-40(17-18-45-2)24-10-6-9-23(26(24)41)25(38-27)20-7-4-3-5-8-20;1-16-5-3-6-18(15-16)23-21-7-4-8-22-24(21)39(14-13-36-22)27(42)25(37-23)38-26(41)20(10-12-29(33,34)35)19(17(2)40)9-11-28(30,31)32;1-15(40)18(8-10-27(30,31)32)19(9-11-28(33,34)35)25(41)38-24-26(42)39-13-12-36-21-7-3-6-20(23(21)39)22(37-24)16-4-2-5-17(29)14-16/h3-10,21-22,27H,11-18H2,1-2H3,(H,39,43);3-8,15,19-20,25,36H,9-14H2,1-2H3,(H,38,41);2-7,14,18-19,24,36H,8-13H2,1H3,(H,38,41)/t21-,22-,27-;19-,20-,25-;18-,19-,24-/m111/s1. The van der Waals surface area contributed by atoms with Crippen LogP contribution in [0.5, 0.6) is 0 Å². The molecule has 6 heterocycles. The quantitative estimate of drug-likeness (QED) is 0.0263. The normalized spacial score (nSPS) is 18.2. The number of benzene rings is 6. The Morgan fingerprint density at radius 2 is 0.736 bits per heavy atom. The average Bonchev–Trinajstić information content (AvgIpc) is 1.66. The van der Waals surface area contributed by atoms with Crippen LogP contribution in [-0.2, 0) is 47.9 Å². The summed E-state index contributed by atoms with van der Waals surface area (Å²) in [6.07, 6.45) is -47.5. The lowest BCUT2D eigenvalue weighted by molar-refractivity contribution is -0.152. The topological polar surface area (TPSA) is 273 Å². The van der Waals surface area contributed by atoms with Crippen LogP contribution in [0, 0.1) is 42.4 Å². The van der Waals surface area contributed by atoms with Gasteiger partial charge in [0, 0.05) is 165 Å². The second-order valence-electron chi connectivity index (χ2n) is 31.7. The maximum atomic E-state index is 14.0. The highest BCUT2D eigenvalue weighted by Crippen LogP contribution is 2.45. The lowest BCUT2D eigenvalue weighted by atomic mass is 9.81. The maximum Gasteiger partial charge on any atom is 0.389 e. The van der Waals surface area contributed by atoms with Gasteiger partial charge in [-0.25, -0.2) is 15.0 Å². The van der Waals surface area contributed by atoms with Crippen LogP contribution < -0.4 is 46.2 Å². The summed E-state index contributed by atoms with van der Waals surface area (Å²) in [5.74, 6) is -18.3. The minimum absolute atomic E-state index is 0.173. The van der Waals surface area contributed by atoms with E-state index in [0.29, 0.717) is 117 Å². The molecule has 0 bridgehead atoms. The van der Waals surface area contributed by atoms with Crippen molar-refractivity contribution in [2.45, 2.75) is 160 Å². The summed E-state index contributed by atoms with van der Waals surface area (Å²) in [4.78, 5) is 139. The van der Waals surface area contributed by atoms with Crippen LogP contribution in [0.25, 0.3) is 0 Å². The first-order chi connectivity index (χ1) is 60.5. The van der Waals surface area contributed by atoms with Crippen LogP contribution in [0.4, 0.5) is 113 Å². The van der Waals surface area contributed by atoms with Crippen LogP contribution in [0.3, 0.4) is 0 Å². The Labute approximate surface area is 733 Å². The van der Waals surface area contributed by atoms with Gasteiger partial charge >= 0.3 is 37.1 Å². The van der Waals surface area contributed by atoms with Crippen molar-refractivity contribution in [2.24, 2.45) is 50.5 Å². The Bertz CT molecular complexity index is 4990. The molecule has 41 heteroatoms. The molecule has 6 aromatic carbocycles. The highest BCUT2D eigenvalue weighted by Gasteiger charge is 2.48. The van der Waals surface area contributed by atoms with Crippen LogP contribution in [0.15, 0.2) is 148 Å². The third kappa shape index (κ3) is 26.7. The molecule has 0 fully saturated rings. The first kappa shape index (κ1) is 99.7. The maximum absolute atomic E-state index is 14.0. The number of nitrogens with one attached hydrogen (secondary N) is 5. The molecule has 9 atom stereocenters. The molecule has 22 nitrogen and oxygen atoms in total. The van der Waals surface area contributed by atoms with Crippen molar-refractivity contribution >= 4 is 116 Å². The van der Waals surface area contributed by atoms with Gasteiger partial charge in [-0.2, -0.15) is 79.0 Å². The SMILES string of the molecule is CC(=O)[C@@H](CCC(F)(F)F)[C@@H](CCC(F)(F)F)C(=O)N[C@H]1N=C(c2cccc(C)c2)c2cccc3c2N(CCN3)C1=O.CC(=O)[C@@H](CCC(F)(F)F)[C@@H](CCC(F)(F)F)C(=O)N[C@H]1N=C(c2cccc(Cl)c2)c2cccc3c2N(CCN3)C1=O.COCCN1CCN2C(=O)[C@@H](NC(=O)[C@H](CCC(F)(F)F)[C@H](CCC(F)(F)F)C(C)=O)N=C(c3ccccc3)c3cccc1c32. The second-order valence-corrected chi connectivity index (χ2v) is 32.1. The van der Waals surface area contributed by atoms with Gasteiger partial charge in [0.05, 0.1) is 57.9 Å². The molecule has 696 valence electrons. The fourth-order valence-corrected chi connectivity index (χ4v) is 16.6. The van der Waals surface area contributed by atoms with E-state index in [0.717, 1.165) is 26.3 Å². The molecule has 6 aliphatic rings. The molecule has 0 saturated carbocycles. The molecule has 0 saturated heterocycles. The average molecular weight is 1850 g/mol. The minimum atomic E-state index is -4.74. The van der Waals surface area contributed by atoms with E-state index >= 15 is 0 Å². The summed E-state index contributed by atoms with van der Waals surface area (Å²) in [7, 11) is 1.57. The molecule has 0 aliphatic carbocycles. The van der Waals surface area contributed by atoms with Gasteiger partial charge in [-0.05, 0) is 103 Å². The molecule has 6 amide bonds. The molecule has 129 heavy (non-hydrogen) atoms. The number of hydrogen-bond donors (Lipinski definition) is 5. The number of ether oxygens (including phenoxy) is 1. The fraction of sp³-hybridized carbons (Fsp3) is 0.455. The zero-order valence-corrected chi connectivity index (χ0v) is 70.7. The summed E-state index contributed by atoms with van der Waals surface area (Å²) < 4.78 is 241. The predicted octanol–water partition coefficient (Wildman–Crippen LogP) is 16.7. The number of carbonyl (C=O) groups excluding carboxylic acids is 9. The number of aliphatic imine (C=N–C) groups is 3. The van der Waals surface area contributed by atoms with E-state index in [-0.39, 0.29) is 25.3 Å². The number of carbonyl (C=O) groups is 9. The van der Waals surface area contributed by atoms with E-state index < -0.39 is 221 Å². The van der Waals surface area contributed by atoms with Gasteiger partial charge in [0.1, 0.15) is 17.3 Å². The number of para-hydroxylation sites is 3. The lowest BCUT2D eigenvalue weighted by Gasteiger charge is -2.38. The zero-order chi connectivity index (χ0) is 94.6. The smallest absolute Gasteiger partial charge is 0.383 e. The fourth-order valence-electron chi connectivity index (χ4n) is 16.4. The van der Waals surface area contributed by atoms with Crippen molar-refractivity contribution in [1.82, 2.24) is 16.0 Å². The van der Waals surface area contributed by atoms with Crippen LogP contribution in [0.1, 0.15) is 137 Å². The number of Topliss-reactive ketones (excluding diaryl/α,β-unsaturated/α-hetero) is 3. The second kappa shape index (κ2) is 42.0. The number of alkyl halides is 18. The Morgan fingerprint density at radius 3 is 1.09 bits per heavy atom. The third-order valence-corrected chi connectivity index (χ3v) is 22.7. The van der Waals surface area contributed by atoms with Gasteiger partial charge in [0.25, 0.3) is 17.7 Å². The zero-order valence-electron chi connectivity index (χ0n) is 69.9. The molecular weight excluding hydrogens is 1760 g/mol. The summed E-state index contributed by atoms with van der Waals surface area (Å²) >= 11 is 6.20. The van der Waals surface area contributed by atoms with E-state index in [9.17, 15) is 122 Å². The monoisotopic (exact) mass is 1850 g/mol. The van der Waals surface area contributed by atoms with Crippen molar-refractivity contribution in [3.8, 4) is 0 Å². The molecule has 5 N–H and O–H groups in total. The first-order valence-electron chi connectivity index (χ1n) is 41.0. The minimum Gasteiger partial charge on any atom is -0.383 e.